The molecule has 1 saturated carbocycles. The number of hydrogen-bond donors (Lipinski definition) is 2. The highest BCUT2D eigenvalue weighted by molar-refractivity contribution is 5.82. The van der Waals surface area contributed by atoms with Gasteiger partial charge in [-0.05, 0) is 43.2 Å². The Morgan fingerprint density at radius 1 is 1.00 bits per heavy atom. The standard InChI is InChI=1S/C16H16N4/c17-11-7-10(8-12(18)9-11)16-19-14-3-1-2-4-15(14)20(16)13-5-6-13/h1-4,7-9,13H,5-6,17-18H2. The van der Waals surface area contributed by atoms with Gasteiger partial charge in [0.25, 0.3) is 0 Å². The van der Waals surface area contributed by atoms with Crippen LogP contribution in [0.15, 0.2) is 42.5 Å². The highest BCUT2D eigenvalue weighted by Gasteiger charge is 2.28. The van der Waals surface area contributed by atoms with Crippen molar-refractivity contribution in [2.75, 3.05) is 11.5 Å². The summed E-state index contributed by atoms with van der Waals surface area (Å²) in [7, 11) is 0. The first-order valence-corrected chi connectivity index (χ1v) is 6.86. The molecule has 100 valence electrons. The predicted molar refractivity (Wildman–Crippen MR) is 82.3 cm³/mol. The number of fused-ring (bicyclic) bond motifs is 1. The average Bonchev–Trinajstić information content (AvgIpc) is 3.17. The smallest absolute Gasteiger partial charge is 0.141 e. The summed E-state index contributed by atoms with van der Waals surface area (Å²) in [5.74, 6) is 0.965. The van der Waals surface area contributed by atoms with Gasteiger partial charge in [-0.15, -0.1) is 0 Å². The van der Waals surface area contributed by atoms with Crippen molar-refractivity contribution >= 4 is 22.4 Å². The first-order valence-electron chi connectivity index (χ1n) is 6.86. The van der Waals surface area contributed by atoms with E-state index in [1.165, 1.54) is 18.4 Å². The van der Waals surface area contributed by atoms with Crippen LogP contribution in [0.4, 0.5) is 11.4 Å². The van der Waals surface area contributed by atoms with Crippen LogP contribution in [0.5, 0.6) is 0 Å². The first kappa shape index (κ1) is 11.3. The van der Waals surface area contributed by atoms with Crippen molar-refractivity contribution in [3.8, 4) is 11.4 Å². The van der Waals surface area contributed by atoms with Gasteiger partial charge in [0.05, 0.1) is 11.0 Å². The lowest BCUT2D eigenvalue weighted by molar-refractivity contribution is 0.775. The second-order valence-electron chi connectivity index (χ2n) is 5.41. The van der Waals surface area contributed by atoms with E-state index in [2.05, 4.69) is 16.7 Å². The number of nitrogens with zero attached hydrogens (tertiary/aromatic N) is 2. The SMILES string of the molecule is Nc1cc(N)cc(-c2nc3ccccc3n2C2CC2)c1. The van der Waals surface area contributed by atoms with Crippen molar-refractivity contribution in [1.82, 2.24) is 9.55 Å². The molecule has 0 radical (unpaired) electrons. The van der Waals surface area contributed by atoms with Gasteiger partial charge in [-0.1, -0.05) is 12.1 Å². The average molecular weight is 264 g/mol. The quantitative estimate of drug-likeness (QED) is 0.698. The molecule has 1 aliphatic rings. The van der Waals surface area contributed by atoms with Crippen LogP contribution >= 0.6 is 0 Å². The summed E-state index contributed by atoms with van der Waals surface area (Å²) in [6, 6.07) is 14.5. The molecule has 0 aliphatic heterocycles. The molecule has 20 heavy (non-hydrogen) atoms. The molecular formula is C16H16N4. The van der Waals surface area contributed by atoms with Crippen molar-refractivity contribution in [3.63, 3.8) is 0 Å². The molecule has 1 aromatic heterocycles. The Bertz CT molecular complexity index is 779. The lowest BCUT2D eigenvalue weighted by Gasteiger charge is -2.09. The minimum absolute atomic E-state index is 0.556. The number of benzene rings is 2. The molecule has 0 amide bonds. The Hall–Kier alpha value is -2.49. The first-order chi connectivity index (χ1) is 9.72. The van der Waals surface area contributed by atoms with E-state index < -0.39 is 0 Å². The number of para-hydroxylation sites is 2. The van der Waals surface area contributed by atoms with E-state index >= 15 is 0 Å². The van der Waals surface area contributed by atoms with Crippen LogP contribution in [0.1, 0.15) is 18.9 Å². The van der Waals surface area contributed by atoms with Gasteiger partial charge in [-0.25, -0.2) is 4.98 Å². The number of anilines is 2. The zero-order chi connectivity index (χ0) is 13.7. The second kappa shape index (κ2) is 4.00. The zero-order valence-electron chi connectivity index (χ0n) is 11.1. The van der Waals surface area contributed by atoms with Crippen LogP contribution in [0.2, 0.25) is 0 Å². The summed E-state index contributed by atoms with van der Waals surface area (Å²) in [6.45, 7) is 0. The second-order valence-corrected chi connectivity index (χ2v) is 5.41. The van der Waals surface area contributed by atoms with Gasteiger partial charge < -0.3 is 16.0 Å². The topological polar surface area (TPSA) is 69.9 Å². The predicted octanol–water partition coefficient (Wildman–Crippen LogP) is 3.20. The molecule has 0 saturated heterocycles. The zero-order valence-corrected chi connectivity index (χ0v) is 11.1. The maximum absolute atomic E-state index is 5.92. The Morgan fingerprint density at radius 2 is 1.70 bits per heavy atom. The molecular weight excluding hydrogens is 248 g/mol. The van der Waals surface area contributed by atoms with Crippen LogP contribution in [0.3, 0.4) is 0 Å². The van der Waals surface area contributed by atoms with Gasteiger partial charge in [0.1, 0.15) is 5.82 Å². The van der Waals surface area contributed by atoms with Crippen LogP contribution < -0.4 is 11.5 Å². The van der Waals surface area contributed by atoms with E-state index in [9.17, 15) is 0 Å². The Kier molecular flexibility index (Phi) is 2.27. The summed E-state index contributed by atoms with van der Waals surface area (Å²) in [5, 5.41) is 0. The molecule has 1 aliphatic carbocycles. The van der Waals surface area contributed by atoms with Gasteiger partial charge >= 0.3 is 0 Å². The lowest BCUT2D eigenvalue weighted by Crippen LogP contribution is -1.99. The van der Waals surface area contributed by atoms with Crippen molar-refractivity contribution < 1.29 is 0 Å². The van der Waals surface area contributed by atoms with Gasteiger partial charge in [0.15, 0.2) is 0 Å². The Balaban J connectivity index is 2.01. The Morgan fingerprint density at radius 3 is 2.40 bits per heavy atom. The number of rotatable bonds is 2. The number of hydrogen-bond acceptors (Lipinski definition) is 3. The van der Waals surface area contributed by atoms with Crippen LogP contribution in [-0.4, -0.2) is 9.55 Å². The summed E-state index contributed by atoms with van der Waals surface area (Å²) >= 11 is 0. The molecule has 4 heteroatoms. The third-order valence-corrected chi connectivity index (χ3v) is 3.74. The summed E-state index contributed by atoms with van der Waals surface area (Å²) in [5.41, 5.74) is 16.4. The number of nitrogens with two attached hydrogens (primary N) is 2. The highest BCUT2D eigenvalue weighted by Crippen LogP contribution is 2.41. The van der Waals surface area contributed by atoms with E-state index in [4.69, 9.17) is 16.5 Å². The van der Waals surface area contributed by atoms with E-state index in [-0.39, 0.29) is 0 Å². The number of imidazole rings is 1. The minimum Gasteiger partial charge on any atom is -0.399 e. The van der Waals surface area contributed by atoms with Gasteiger partial charge in [-0.3, -0.25) is 0 Å². The molecule has 1 fully saturated rings. The minimum atomic E-state index is 0.556. The molecule has 4 nitrogen and oxygen atoms in total. The van der Waals surface area contributed by atoms with Crippen molar-refractivity contribution in [3.05, 3.63) is 42.5 Å². The normalized spacial score (nSPS) is 14.8. The van der Waals surface area contributed by atoms with E-state index in [1.54, 1.807) is 6.07 Å². The molecule has 0 bridgehead atoms. The van der Waals surface area contributed by atoms with Crippen LogP contribution in [-0.2, 0) is 0 Å². The van der Waals surface area contributed by atoms with E-state index in [0.29, 0.717) is 17.4 Å². The fourth-order valence-electron chi connectivity index (χ4n) is 2.76. The van der Waals surface area contributed by atoms with Gasteiger partial charge in [0, 0.05) is 23.0 Å². The van der Waals surface area contributed by atoms with Gasteiger partial charge in [-0.2, -0.15) is 0 Å². The molecule has 4 rings (SSSR count). The molecule has 1 heterocycles. The molecule has 0 unspecified atom stereocenters. The monoisotopic (exact) mass is 264 g/mol. The fraction of sp³-hybridized carbons (Fsp3) is 0.188. The summed E-state index contributed by atoms with van der Waals surface area (Å²) in [4.78, 5) is 4.78. The molecule has 0 spiro atoms. The van der Waals surface area contributed by atoms with Gasteiger partial charge in [0.2, 0.25) is 0 Å². The number of aromatic nitrogens is 2. The van der Waals surface area contributed by atoms with Crippen molar-refractivity contribution in [1.29, 1.82) is 0 Å². The largest absolute Gasteiger partial charge is 0.399 e. The fourth-order valence-corrected chi connectivity index (χ4v) is 2.76. The third kappa shape index (κ3) is 1.72. The molecule has 4 N–H and O–H groups in total. The van der Waals surface area contributed by atoms with Crippen LogP contribution in [0, 0.1) is 0 Å². The number of nitrogen functional groups attached to an aromatic ring is 2. The summed E-state index contributed by atoms with van der Waals surface area (Å²) < 4.78 is 2.32. The summed E-state index contributed by atoms with van der Waals surface area (Å²) in [6.07, 6.45) is 2.43. The van der Waals surface area contributed by atoms with E-state index in [0.717, 1.165) is 16.9 Å². The van der Waals surface area contributed by atoms with Crippen molar-refractivity contribution in [2.24, 2.45) is 0 Å². The lowest BCUT2D eigenvalue weighted by atomic mass is 10.1. The highest BCUT2D eigenvalue weighted by atomic mass is 15.1. The van der Waals surface area contributed by atoms with Crippen molar-refractivity contribution in [2.45, 2.75) is 18.9 Å². The van der Waals surface area contributed by atoms with Crippen LogP contribution in [0.25, 0.3) is 22.4 Å². The van der Waals surface area contributed by atoms with E-state index in [1.807, 2.05) is 24.3 Å². The Labute approximate surface area is 117 Å². The molecule has 3 aromatic rings. The molecule has 2 aromatic carbocycles. The molecule has 0 atom stereocenters. The third-order valence-electron chi connectivity index (χ3n) is 3.74. The maximum Gasteiger partial charge on any atom is 0.141 e. The maximum atomic E-state index is 5.92.